The average molecular weight is 481 g/mol. The third-order valence-electron chi connectivity index (χ3n) is 5.84. The molecule has 0 fully saturated rings. The Balaban J connectivity index is 0.00000298. The SMILES string of the molecule is CCCCC(=NC)NC(Cc1ccc(-c2ccccc2/C(N)=N/N)nc1)=NCC(CC)CC.CN. The van der Waals surface area contributed by atoms with E-state index >= 15 is 0 Å². The molecule has 1 aromatic heterocycles. The van der Waals surface area contributed by atoms with Crippen molar-refractivity contribution >= 4 is 17.5 Å². The van der Waals surface area contributed by atoms with Crippen LogP contribution in [-0.4, -0.2) is 43.1 Å². The molecule has 1 heterocycles. The van der Waals surface area contributed by atoms with Crippen LogP contribution in [0.2, 0.25) is 0 Å². The number of rotatable bonds is 11. The number of benzene rings is 1. The summed E-state index contributed by atoms with van der Waals surface area (Å²) >= 11 is 0. The second kappa shape index (κ2) is 17.2. The Labute approximate surface area is 211 Å². The first-order chi connectivity index (χ1) is 17.1. The van der Waals surface area contributed by atoms with Crippen molar-refractivity contribution in [2.75, 3.05) is 20.6 Å². The lowest BCUT2D eigenvalue weighted by molar-refractivity contribution is 0.505. The number of hydrogen-bond acceptors (Lipinski definition) is 6. The van der Waals surface area contributed by atoms with Crippen LogP contribution in [0.1, 0.15) is 64.0 Å². The number of aromatic nitrogens is 1. The number of aliphatic imine (C=N–C) groups is 2. The molecule has 0 spiro atoms. The van der Waals surface area contributed by atoms with Gasteiger partial charge in [0.15, 0.2) is 5.84 Å². The van der Waals surface area contributed by atoms with Crippen molar-refractivity contribution in [2.24, 2.45) is 38.3 Å². The van der Waals surface area contributed by atoms with Gasteiger partial charge in [0.2, 0.25) is 0 Å². The van der Waals surface area contributed by atoms with Gasteiger partial charge in [0.1, 0.15) is 11.7 Å². The van der Waals surface area contributed by atoms with Gasteiger partial charge in [-0.2, -0.15) is 5.10 Å². The zero-order valence-corrected chi connectivity index (χ0v) is 22.1. The van der Waals surface area contributed by atoms with Gasteiger partial charge in [-0.3, -0.25) is 15.0 Å². The van der Waals surface area contributed by atoms with E-state index in [0.29, 0.717) is 12.3 Å². The lowest BCUT2D eigenvalue weighted by atomic mass is 10.0. The van der Waals surface area contributed by atoms with Crippen LogP contribution in [0.4, 0.5) is 0 Å². The molecule has 192 valence electrons. The first-order valence-electron chi connectivity index (χ1n) is 12.5. The van der Waals surface area contributed by atoms with Crippen molar-refractivity contribution in [3.8, 4) is 11.3 Å². The van der Waals surface area contributed by atoms with Gasteiger partial charge < -0.3 is 22.6 Å². The number of nitrogens with one attached hydrogen (secondary N) is 1. The summed E-state index contributed by atoms with van der Waals surface area (Å²) < 4.78 is 0. The average Bonchev–Trinajstić information content (AvgIpc) is 2.92. The maximum atomic E-state index is 5.96. The summed E-state index contributed by atoms with van der Waals surface area (Å²) in [6.45, 7) is 7.45. The smallest absolute Gasteiger partial charge is 0.150 e. The minimum absolute atomic E-state index is 0.287. The normalized spacial score (nSPS) is 12.4. The van der Waals surface area contributed by atoms with E-state index in [0.717, 1.165) is 72.7 Å². The fraction of sp³-hybridized carbons (Fsp3) is 0.481. The van der Waals surface area contributed by atoms with Gasteiger partial charge in [0.05, 0.1) is 5.69 Å². The van der Waals surface area contributed by atoms with E-state index in [1.54, 1.807) is 0 Å². The predicted molar refractivity (Wildman–Crippen MR) is 151 cm³/mol. The van der Waals surface area contributed by atoms with Crippen LogP contribution in [0.25, 0.3) is 11.3 Å². The highest BCUT2D eigenvalue weighted by Gasteiger charge is 2.11. The maximum absolute atomic E-state index is 5.96. The molecule has 0 aliphatic carbocycles. The molecule has 0 saturated carbocycles. The Bertz CT molecular complexity index is 944. The van der Waals surface area contributed by atoms with Gasteiger partial charge in [0, 0.05) is 43.8 Å². The predicted octanol–water partition coefficient (Wildman–Crippen LogP) is 4.09. The van der Waals surface area contributed by atoms with Gasteiger partial charge in [-0.1, -0.05) is 70.4 Å². The monoisotopic (exact) mass is 480 g/mol. The van der Waals surface area contributed by atoms with Crippen LogP contribution >= 0.6 is 0 Å². The minimum atomic E-state index is 0.287. The second-order valence-corrected chi connectivity index (χ2v) is 8.16. The van der Waals surface area contributed by atoms with Crippen LogP contribution in [0.3, 0.4) is 0 Å². The van der Waals surface area contributed by atoms with Crippen LogP contribution in [0, 0.1) is 5.92 Å². The largest absolute Gasteiger partial charge is 0.382 e. The summed E-state index contributed by atoms with van der Waals surface area (Å²) in [6, 6.07) is 11.8. The molecule has 0 bridgehead atoms. The third kappa shape index (κ3) is 9.86. The molecular formula is C27H44N8. The summed E-state index contributed by atoms with van der Waals surface area (Å²) in [7, 11) is 3.33. The standard InChI is InChI=1S/C26H39N7.CH5N/c1-5-8-13-24(29-4)32-25(31-17-19(6-2)7-3)16-20-14-15-23(30-18-20)21-11-9-10-12-22(21)26(27)33-28;1-2/h9-12,14-15,18-19H,5-8,13,16-17,28H2,1-4H3,(H2,27,33)(H,29,31,32);2H2,1H3. The molecule has 2 aromatic rings. The highest BCUT2D eigenvalue weighted by atomic mass is 15.2. The third-order valence-corrected chi connectivity index (χ3v) is 5.84. The molecule has 0 aliphatic heterocycles. The molecule has 7 N–H and O–H groups in total. The van der Waals surface area contributed by atoms with E-state index in [4.69, 9.17) is 21.6 Å². The van der Waals surface area contributed by atoms with Crippen LogP contribution < -0.4 is 22.6 Å². The van der Waals surface area contributed by atoms with Crippen LogP contribution in [-0.2, 0) is 6.42 Å². The number of pyridine rings is 1. The lowest BCUT2D eigenvalue weighted by Gasteiger charge is -2.15. The van der Waals surface area contributed by atoms with Crippen molar-refractivity contribution in [2.45, 2.75) is 59.3 Å². The number of nitrogens with zero attached hydrogens (tertiary/aromatic N) is 4. The van der Waals surface area contributed by atoms with Gasteiger partial charge in [-0.25, -0.2) is 0 Å². The van der Waals surface area contributed by atoms with Gasteiger partial charge in [-0.05, 0) is 31.0 Å². The molecule has 1 aromatic carbocycles. The summed E-state index contributed by atoms with van der Waals surface area (Å²) in [5, 5.41) is 7.13. The Morgan fingerprint density at radius 1 is 1.03 bits per heavy atom. The highest BCUT2D eigenvalue weighted by Crippen LogP contribution is 2.22. The summed E-state index contributed by atoms with van der Waals surface area (Å²) in [5.74, 6) is 8.19. The van der Waals surface area contributed by atoms with Crippen molar-refractivity contribution in [1.29, 1.82) is 0 Å². The molecule has 0 aliphatic rings. The topological polar surface area (TPSA) is 140 Å². The molecule has 0 atom stereocenters. The van der Waals surface area contributed by atoms with Crippen LogP contribution in [0.5, 0.6) is 0 Å². The fourth-order valence-corrected chi connectivity index (χ4v) is 3.55. The summed E-state index contributed by atoms with van der Waals surface area (Å²) in [5.41, 5.74) is 14.0. The van der Waals surface area contributed by atoms with Crippen molar-refractivity contribution in [3.05, 3.63) is 53.7 Å². The first-order valence-corrected chi connectivity index (χ1v) is 12.5. The lowest BCUT2D eigenvalue weighted by Crippen LogP contribution is -2.32. The van der Waals surface area contributed by atoms with E-state index in [1.165, 1.54) is 7.05 Å². The molecule has 0 radical (unpaired) electrons. The second-order valence-electron chi connectivity index (χ2n) is 8.16. The quantitative estimate of drug-likeness (QED) is 0.166. The Hall–Kier alpha value is -3.26. The minimum Gasteiger partial charge on any atom is -0.382 e. The van der Waals surface area contributed by atoms with Gasteiger partial charge >= 0.3 is 0 Å². The van der Waals surface area contributed by atoms with Crippen molar-refractivity contribution < 1.29 is 0 Å². The van der Waals surface area contributed by atoms with E-state index in [-0.39, 0.29) is 5.84 Å². The van der Waals surface area contributed by atoms with Crippen LogP contribution in [0.15, 0.2) is 57.7 Å². The molecular weight excluding hydrogens is 436 g/mol. The number of unbranched alkanes of at least 4 members (excludes halogenated alkanes) is 1. The molecule has 8 nitrogen and oxygen atoms in total. The first kappa shape index (κ1) is 29.8. The summed E-state index contributed by atoms with van der Waals surface area (Å²) in [6.07, 6.45) is 7.98. The van der Waals surface area contributed by atoms with E-state index in [9.17, 15) is 0 Å². The molecule has 2 rings (SSSR count). The number of nitrogens with two attached hydrogens (primary N) is 3. The van der Waals surface area contributed by atoms with E-state index in [1.807, 2.05) is 43.6 Å². The van der Waals surface area contributed by atoms with Gasteiger partial charge in [0.25, 0.3) is 0 Å². The van der Waals surface area contributed by atoms with Gasteiger partial charge in [-0.15, -0.1) is 0 Å². The molecule has 0 amide bonds. The van der Waals surface area contributed by atoms with Crippen molar-refractivity contribution in [3.63, 3.8) is 0 Å². The Kier molecular flexibility index (Phi) is 14.6. The number of hydrogen-bond donors (Lipinski definition) is 4. The molecule has 8 heteroatoms. The fourth-order valence-electron chi connectivity index (χ4n) is 3.55. The number of amidine groups is 3. The Morgan fingerprint density at radius 3 is 2.31 bits per heavy atom. The van der Waals surface area contributed by atoms with E-state index in [2.05, 4.69) is 48.0 Å². The Morgan fingerprint density at radius 2 is 1.74 bits per heavy atom. The van der Waals surface area contributed by atoms with E-state index < -0.39 is 0 Å². The van der Waals surface area contributed by atoms with Crippen molar-refractivity contribution in [1.82, 2.24) is 10.3 Å². The molecule has 0 unspecified atom stereocenters. The number of hydrazone groups is 1. The summed E-state index contributed by atoms with van der Waals surface area (Å²) in [4.78, 5) is 14.1. The maximum Gasteiger partial charge on any atom is 0.150 e. The molecule has 0 saturated heterocycles. The molecule has 35 heavy (non-hydrogen) atoms. The zero-order chi connectivity index (χ0) is 26.1. The zero-order valence-electron chi connectivity index (χ0n) is 22.1. The highest BCUT2D eigenvalue weighted by molar-refractivity contribution is 6.03.